The second kappa shape index (κ2) is 11.0. The predicted molar refractivity (Wildman–Crippen MR) is 128 cm³/mol. The number of carbonyl (C=O) groups excluding carboxylic acids is 2. The third kappa shape index (κ3) is 6.35. The van der Waals surface area contributed by atoms with Crippen molar-refractivity contribution in [3.8, 4) is 0 Å². The van der Waals surface area contributed by atoms with Crippen molar-refractivity contribution in [3.63, 3.8) is 0 Å². The zero-order chi connectivity index (χ0) is 23.1. The van der Waals surface area contributed by atoms with Crippen molar-refractivity contribution in [3.05, 3.63) is 41.5 Å². The van der Waals surface area contributed by atoms with E-state index in [0.717, 1.165) is 64.0 Å². The highest BCUT2D eigenvalue weighted by molar-refractivity contribution is 5.90. The number of ether oxygens (including phenoxy) is 1. The van der Waals surface area contributed by atoms with E-state index in [2.05, 4.69) is 41.0 Å². The molecule has 0 aromatic heterocycles. The molecule has 0 unspecified atom stereocenters. The SMILES string of the molecule is CCc1cccc(N2CCN(CCC3CCC(OC(=O)C=C(C)C)(C(N)=O)CC3)CC2)c1. The summed E-state index contributed by atoms with van der Waals surface area (Å²) in [7, 11) is 0. The average Bonchev–Trinajstić information content (AvgIpc) is 2.78. The number of anilines is 1. The quantitative estimate of drug-likeness (QED) is 0.492. The number of hydrogen-bond acceptors (Lipinski definition) is 5. The number of carbonyl (C=O) groups is 2. The Morgan fingerprint density at radius 3 is 2.44 bits per heavy atom. The van der Waals surface area contributed by atoms with Crippen molar-refractivity contribution in [2.75, 3.05) is 37.6 Å². The van der Waals surface area contributed by atoms with Gasteiger partial charge in [-0.25, -0.2) is 4.79 Å². The fourth-order valence-corrected chi connectivity index (χ4v) is 4.86. The lowest BCUT2D eigenvalue weighted by molar-refractivity contribution is -0.167. The number of benzene rings is 1. The van der Waals surface area contributed by atoms with Gasteiger partial charge < -0.3 is 15.4 Å². The van der Waals surface area contributed by atoms with Crippen LogP contribution in [0.3, 0.4) is 0 Å². The first-order valence-electron chi connectivity index (χ1n) is 12.1. The number of nitrogens with two attached hydrogens (primary N) is 1. The molecule has 1 heterocycles. The molecule has 1 aliphatic carbocycles. The number of piperazine rings is 1. The van der Waals surface area contributed by atoms with Crippen LogP contribution in [0.4, 0.5) is 5.69 Å². The number of allylic oxidation sites excluding steroid dienone is 1. The van der Waals surface area contributed by atoms with Gasteiger partial charge >= 0.3 is 5.97 Å². The zero-order valence-electron chi connectivity index (χ0n) is 19.9. The van der Waals surface area contributed by atoms with Crippen LogP contribution >= 0.6 is 0 Å². The molecule has 176 valence electrons. The Morgan fingerprint density at radius 1 is 1.16 bits per heavy atom. The summed E-state index contributed by atoms with van der Waals surface area (Å²) < 4.78 is 5.56. The molecule has 0 spiro atoms. The molecule has 2 aliphatic rings. The van der Waals surface area contributed by atoms with Gasteiger partial charge in [-0.3, -0.25) is 9.69 Å². The molecule has 2 N–H and O–H groups in total. The fraction of sp³-hybridized carbons (Fsp3) is 0.615. The second-order valence-electron chi connectivity index (χ2n) is 9.59. The highest BCUT2D eigenvalue weighted by atomic mass is 16.6. The van der Waals surface area contributed by atoms with E-state index < -0.39 is 17.5 Å². The molecule has 0 radical (unpaired) electrons. The van der Waals surface area contributed by atoms with Crippen LogP contribution < -0.4 is 10.6 Å². The van der Waals surface area contributed by atoms with Gasteiger partial charge in [-0.05, 0) is 82.5 Å². The highest BCUT2D eigenvalue weighted by Gasteiger charge is 2.43. The topological polar surface area (TPSA) is 75.9 Å². The molecule has 6 nitrogen and oxygen atoms in total. The summed E-state index contributed by atoms with van der Waals surface area (Å²) in [5, 5.41) is 0. The zero-order valence-corrected chi connectivity index (χ0v) is 19.9. The molecule has 6 heteroatoms. The number of aryl methyl sites for hydroxylation is 1. The minimum absolute atomic E-state index is 0.468. The molecule has 1 aromatic rings. The minimum atomic E-state index is -1.14. The van der Waals surface area contributed by atoms with E-state index in [0.29, 0.717) is 18.8 Å². The molecule has 1 saturated heterocycles. The molecular formula is C26H39N3O3. The molecule has 0 atom stereocenters. The lowest BCUT2D eigenvalue weighted by Crippen LogP contribution is -2.50. The van der Waals surface area contributed by atoms with Crippen LogP contribution in [0, 0.1) is 5.92 Å². The van der Waals surface area contributed by atoms with E-state index in [4.69, 9.17) is 10.5 Å². The number of nitrogens with zero attached hydrogens (tertiary/aromatic N) is 2. The summed E-state index contributed by atoms with van der Waals surface area (Å²) in [6.07, 6.45) is 6.40. The highest BCUT2D eigenvalue weighted by Crippen LogP contribution is 2.36. The Balaban J connectivity index is 1.43. The first kappa shape index (κ1) is 24.3. The fourth-order valence-electron chi connectivity index (χ4n) is 4.86. The van der Waals surface area contributed by atoms with Crippen LogP contribution in [0.2, 0.25) is 0 Å². The standard InChI is InChI=1S/C26H39N3O3/c1-4-21-6-5-7-23(19-21)29-16-14-28(15-17-29)13-10-22-8-11-26(12-9-22,25(27)31)32-24(30)18-20(2)3/h5-7,18-19,22H,4,8-17H2,1-3H3,(H2,27,31). The largest absolute Gasteiger partial charge is 0.446 e. The number of rotatable bonds is 8. The van der Waals surface area contributed by atoms with Gasteiger partial charge in [0.05, 0.1) is 0 Å². The van der Waals surface area contributed by atoms with Gasteiger partial charge in [0.2, 0.25) is 0 Å². The molecule has 1 aromatic carbocycles. The Kier molecular flexibility index (Phi) is 8.35. The van der Waals surface area contributed by atoms with Gasteiger partial charge in [0.1, 0.15) is 0 Å². The summed E-state index contributed by atoms with van der Waals surface area (Å²) in [5.74, 6) is -0.441. The summed E-state index contributed by atoms with van der Waals surface area (Å²) in [6, 6.07) is 8.88. The van der Waals surface area contributed by atoms with Crippen LogP contribution in [-0.2, 0) is 20.7 Å². The third-order valence-electron chi connectivity index (χ3n) is 6.97. The smallest absolute Gasteiger partial charge is 0.331 e. The Morgan fingerprint density at radius 2 is 1.84 bits per heavy atom. The van der Waals surface area contributed by atoms with E-state index in [1.54, 1.807) is 0 Å². The lowest BCUT2D eigenvalue weighted by Gasteiger charge is -2.39. The monoisotopic (exact) mass is 441 g/mol. The van der Waals surface area contributed by atoms with Crippen LogP contribution in [0.1, 0.15) is 58.4 Å². The summed E-state index contributed by atoms with van der Waals surface area (Å²) in [4.78, 5) is 29.2. The van der Waals surface area contributed by atoms with E-state index in [1.165, 1.54) is 17.3 Å². The summed E-state index contributed by atoms with van der Waals surface area (Å²) >= 11 is 0. The van der Waals surface area contributed by atoms with Crippen LogP contribution in [-0.4, -0.2) is 55.1 Å². The van der Waals surface area contributed by atoms with Crippen molar-refractivity contribution in [1.29, 1.82) is 0 Å². The van der Waals surface area contributed by atoms with E-state index in [1.807, 2.05) is 13.8 Å². The van der Waals surface area contributed by atoms with Gasteiger partial charge in [0.15, 0.2) is 5.60 Å². The Bertz CT molecular complexity index is 815. The maximum absolute atomic E-state index is 12.1. The van der Waals surface area contributed by atoms with E-state index in [-0.39, 0.29) is 0 Å². The van der Waals surface area contributed by atoms with Crippen molar-refractivity contribution < 1.29 is 14.3 Å². The first-order chi connectivity index (χ1) is 15.3. The van der Waals surface area contributed by atoms with Crippen LogP contribution in [0.15, 0.2) is 35.9 Å². The van der Waals surface area contributed by atoms with E-state index in [9.17, 15) is 9.59 Å². The second-order valence-corrected chi connectivity index (χ2v) is 9.59. The predicted octanol–water partition coefficient (Wildman–Crippen LogP) is 3.68. The average molecular weight is 442 g/mol. The maximum atomic E-state index is 12.1. The molecule has 1 amide bonds. The van der Waals surface area contributed by atoms with Crippen LogP contribution in [0.5, 0.6) is 0 Å². The number of esters is 1. The van der Waals surface area contributed by atoms with Gasteiger partial charge in [0.25, 0.3) is 5.91 Å². The number of hydrogen-bond donors (Lipinski definition) is 1. The molecule has 32 heavy (non-hydrogen) atoms. The van der Waals surface area contributed by atoms with Gasteiger partial charge in [-0.2, -0.15) is 0 Å². The Labute approximate surface area is 192 Å². The first-order valence-corrected chi connectivity index (χ1v) is 12.1. The van der Waals surface area contributed by atoms with Crippen molar-refractivity contribution in [2.45, 2.75) is 64.9 Å². The molecule has 1 aliphatic heterocycles. The molecule has 1 saturated carbocycles. The van der Waals surface area contributed by atoms with Crippen molar-refractivity contribution >= 4 is 17.6 Å². The van der Waals surface area contributed by atoms with Gasteiger partial charge in [0, 0.05) is 37.9 Å². The van der Waals surface area contributed by atoms with Crippen LogP contribution in [0.25, 0.3) is 0 Å². The molecular weight excluding hydrogens is 402 g/mol. The molecule has 3 rings (SSSR count). The third-order valence-corrected chi connectivity index (χ3v) is 6.97. The van der Waals surface area contributed by atoms with E-state index >= 15 is 0 Å². The Hall–Kier alpha value is -2.34. The molecule has 2 fully saturated rings. The van der Waals surface area contributed by atoms with Gasteiger partial charge in [-0.1, -0.05) is 24.6 Å². The maximum Gasteiger partial charge on any atom is 0.331 e. The molecule has 0 bridgehead atoms. The minimum Gasteiger partial charge on any atom is -0.446 e. The van der Waals surface area contributed by atoms with Crippen molar-refractivity contribution in [2.24, 2.45) is 11.7 Å². The number of amides is 1. The number of primary amides is 1. The normalized spacial score (nSPS) is 24.1. The summed E-state index contributed by atoms with van der Waals surface area (Å²) in [6.45, 7) is 11.2. The summed E-state index contributed by atoms with van der Waals surface area (Å²) in [5.41, 5.74) is 8.08. The lowest BCUT2D eigenvalue weighted by atomic mass is 9.77. The van der Waals surface area contributed by atoms with Gasteiger partial charge in [-0.15, -0.1) is 0 Å². The van der Waals surface area contributed by atoms with Crippen molar-refractivity contribution in [1.82, 2.24) is 4.90 Å².